The normalized spacial score (nSPS) is 29.4. The molecule has 7 heteroatoms. The molecule has 1 saturated heterocycles. The molecular weight excluding hydrogens is 338 g/mol. The molecule has 4 atom stereocenters. The van der Waals surface area contributed by atoms with Crippen LogP contribution in [0.15, 0.2) is 18.2 Å². The molecule has 0 aromatic heterocycles. The van der Waals surface area contributed by atoms with Crippen molar-refractivity contribution in [2.45, 2.75) is 56.3 Å². The summed E-state index contributed by atoms with van der Waals surface area (Å²) in [6.45, 7) is -0.226. The number of aliphatic hydroxyl groups is 1. The molecule has 0 unspecified atom stereocenters. The van der Waals surface area contributed by atoms with E-state index < -0.39 is 18.2 Å². The molecule has 1 aromatic rings. The highest BCUT2D eigenvalue weighted by Gasteiger charge is 2.46. The molecule has 3 aliphatic rings. The van der Waals surface area contributed by atoms with Crippen molar-refractivity contribution in [3.63, 3.8) is 0 Å². The van der Waals surface area contributed by atoms with E-state index in [1.807, 2.05) is 18.2 Å². The maximum atomic E-state index is 12.1. The lowest BCUT2D eigenvalue weighted by Gasteiger charge is -2.36. The third-order valence-corrected chi connectivity index (χ3v) is 5.36. The maximum absolute atomic E-state index is 12.1. The summed E-state index contributed by atoms with van der Waals surface area (Å²) < 4.78 is 11.7. The molecule has 0 bridgehead atoms. The van der Waals surface area contributed by atoms with E-state index in [0.717, 1.165) is 24.1 Å². The molecule has 2 aliphatic heterocycles. The van der Waals surface area contributed by atoms with Gasteiger partial charge in [-0.05, 0) is 43.4 Å². The summed E-state index contributed by atoms with van der Waals surface area (Å²) in [7, 11) is 0. The highest BCUT2D eigenvalue weighted by atomic mass is 16.6. The fraction of sp³-hybridized carbons (Fsp3) is 0.579. The second-order valence-electron chi connectivity index (χ2n) is 7.45. The summed E-state index contributed by atoms with van der Waals surface area (Å²) in [5.41, 5.74) is 1.66. The van der Waals surface area contributed by atoms with E-state index in [9.17, 15) is 14.7 Å². The van der Waals surface area contributed by atoms with Gasteiger partial charge in [-0.2, -0.15) is 0 Å². The summed E-state index contributed by atoms with van der Waals surface area (Å²) >= 11 is 0. The van der Waals surface area contributed by atoms with Crippen molar-refractivity contribution in [2.75, 3.05) is 11.9 Å². The van der Waals surface area contributed by atoms with E-state index in [1.165, 1.54) is 0 Å². The topological polar surface area (TPSA) is 105 Å². The monoisotopic (exact) mass is 361 g/mol. The van der Waals surface area contributed by atoms with Gasteiger partial charge >= 0.3 is 5.97 Å². The van der Waals surface area contributed by atoms with Crippen LogP contribution < -0.4 is 10.1 Å². The Labute approximate surface area is 151 Å². The first-order chi connectivity index (χ1) is 12.5. The molecule has 4 rings (SSSR count). The number of carboxylic acids is 1. The number of carbonyl (C=O) groups is 2. The minimum absolute atomic E-state index is 0.0203. The van der Waals surface area contributed by atoms with E-state index in [0.29, 0.717) is 24.5 Å². The third-order valence-electron chi connectivity index (χ3n) is 5.36. The number of aliphatic carboxylic acids is 1. The van der Waals surface area contributed by atoms with Crippen molar-refractivity contribution in [3.05, 3.63) is 23.8 Å². The number of fused-ring (bicyclic) bond motifs is 3. The average molecular weight is 361 g/mol. The second kappa shape index (κ2) is 6.89. The molecule has 26 heavy (non-hydrogen) atoms. The van der Waals surface area contributed by atoms with Crippen molar-refractivity contribution in [2.24, 2.45) is 5.92 Å². The van der Waals surface area contributed by atoms with Gasteiger partial charge in [0.2, 0.25) is 5.91 Å². The van der Waals surface area contributed by atoms with Crippen molar-refractivity contribution < 1.29 is 29.3 Å². The lowest BCUT2D eigenvalue weighted by Crippen LogP contribution is -2.46. The number of hydrogen-bond acceptors (Lipinski definition) is 5. The summed E-state index contributed by atoms with van der Waals surface area (Å²) in [5.74, 6) is 0.269. The Hall–Kier alpha value is -2.12. The Balaban J connectivity index is 1.52. The molecule has 1 aliphatic carbocycles. The van der Waals surface area contributed by atoms with Gasteiger partial charge < -0.3 is 25.0 Å². The molecule has 0 spiro atoms. The molecule has 0 radical (unpaired) electrons. The van der Waals surface area contributed by atoms with Gasteiger partial charge in [-0.3, -0.25) is 9.59 Å². The van der Waals surface area contributed by atoms with Crippen molar-refractivity contribution >= 4 is 17.6 Å². The molecule has 2 heterocycles. The van der Waals surface area contributed by atoms with Crippen LogP contribution in [0.3, 0.4) is 0 Å². The number of rotatable bonds is 6. The van der Waals surface area contributed by atoms with Crippen molar-refractivity contribution in [1.82, 2.24) is 0 Å². The summed E-state index contributed by atoms with van der Waals surface area (Å²) in [6.07, 6.45) is 1.86. The zero-order valence-electron chi connectivity index (χ0n) is 14.4. The van der Waals surface area contributed by atoms with E-state index in [2.05, 4.69) is 5.32 Å². The van der Waals surface area contributed by atoms with Gasteiger partial charge in [0.1, 0.15) is 18.0 Å². The van der Waals surface area contributed by atoms with Gasteiger partial charge in [0.25, 0.3) is 0 Å². The highest BCUT2D eigenvalue weighted by Crippen LogP contribution is 2.47. The number of hydrogen-bond donors (Lipinski definition) is 3. The second-order valence-corrected chi connectivity index (χ2v) is 7.45. The van der Waals surface area contributed by atoms with E-state index >= 15 is 0 Å². The van der Waals surface area contributed by atoms with Crippen molar-refractivity contribution in [1.29, 1.82) is 0 Å². The van der Waals surface area contributed by atoms with Gasteiger partial charge in [-0.15, -0.1) is 0 Å². The third kappa shape index (κ3) is 3.54. The molecule has 140 valence electrons. The number of anilines is 1. The molecule has 3 N–H and O–H groups in total. The SMILES string of the molecule is O=C(O)C[C@H]1C[C@@H]2c3cc(NC(=O)CC4CC4)ccc3O[C@@H]2[C@H](CO)O1. The Morgan fingerprint density at radius 2 is 2.04 bits per heavy atom. The first-order valence-electron chi connectivity index (χ1n) is 9.12. The minimum atomic E-state index is -0.926. The van der Waals surface area contributed by atoms with Crippen LogP contribution >= 0.6 is 0 Å². The maximum Gasteiger partial charge on any atom is 0.305 e. The first kappa shape index (κ1) is 17.3. The van der Waals surface area contributed by atoms with Crippen LogP contribution in [0.25, 0.3) is 0 Å². The molecule has 1 amide bonds. The Morgan fingerprint density at radius 1 is 1.23 bits per heavy atom. The van der Waals surface area contributed by atoms with E-state index in [-0.39, 0.29) is 31.0 Å². The van der Waals surface area contributed by atoms with Crippen LogP contribution in [0.4, 0.5) is 5.69 Å². The van der Waals surface area contributed by atoms with Crippen LogP contribution in [0, 0.1) is 5.92 Å². The lowest BCUT2D eigenvalue weighted by atomic mass is 9.84. The number of carboxylic acid groups (broad SMARTS) is 1. The summed E-state index contributed by atoms with van der Waals surface area (Å²) in [5, 5.41) is 21.6. The fourth-order valence-electron chi connectivity index (χ4n) is 3.96. The van der Waals surface area contributed by atoms with Crippen LogP contribution in [-0.4, -0.2) is 47.0 Å². The van der Waals surface area contributed by atoms with Crippen LogP contribution in [0.2, 0.25) is 0 Å². The van der Waals surface area contributed by atoms with Gasteiger partial charge in [0, 0.05) is 23.6 Å². The van der Waals surface area contributed by atoms with E-state index in [4.69, 9.17) is 14.6 Å². The lowest BCUT2D eigenvalue weighted by molar-refractivity contribution is -0.153. The molecule has 2 fully saturated rings. The Bertz CT molecular complexity index is 716. The molecule has 1 aromatic carbocycles. The van der Waals surface area contributed by atoms with Crippen LogP contribution in [-0.2, 0) is 14.3 Å². The number of aliphatic hydroxyl groups excluding tert-OH is 1. The number of amides is 1. The Kier molecular flexibility index (Phi) is 4.58. The largest absolute Gasteiger partial charge is 0.487 e. The number of ether oxygens (including phenoxy) is 2. The average Bonchev–Trinajstić information content (AvgIpc) is 3.33. The van der Waals surface area contributed by atoms with Crippen LogP contribution in [0.1, 0.15) is 43.6 Å². The minimum Gasteiger partial charge on any atom is -0.487 e. The van der Waals surface area contributed by atoms with Gasteiger partial charge in [0.05, 0.1) is 19.1 Å². The number of carbonyl (C=O) groups excluding carboxylic acids is 1. The molecular formula is C19H23NO6. The Morgan fingerprint density at radius 3 is 2.73 bits per heavy atom. The number of benzene rings is 1. The van der Waals surface area contributed by atoms with E-state index in [1.54, 1.807) is 0 Å². The predicted octanol–water partition coefficient (Wildman–Crippen LogP) is 1.89. The molecule has 1 saturated carbocycles. The number of nitrogens with one attached hydrogen (secondary N) is 1. The standard InChI is InChI=1S/C19H23NO6/c21-9-16-19-14(7-12(25-16)8-18(23)24)13-6-11(3-4-15(13)26-19)20-17(22)5-10-1-2-10/h3-4,6,10,12,14,16,19,21H,1-2,5,7-9H2,(H,20,22)(H,23,24)/t12-,14-,16+,19+/m1/s1. The smallest absolute Gasteiger partial charge is 0.305 e. The molecule has 7 nitrogen and oxygen atoms in total. The zero-order chi connectivity index (χ0) is 18.3. The van der Waals surface area contributed by atoms with Gasteiger partial charge in [0.15, 0.2) is 0 Å². The highest BCUT2D eigenvalue weighted by molar-refractivity contribution is 5.91. The first-order valence-corrected chi connectivity index (χ1v) is 9.12. The van der Waals surface area contributed by atoms with Gasteiger partial charge in [-0.1, -0.05) is 0 Å². The summed E-state index contributed by atoms with van der Waals surface area (Å²) in [4.78, 5) is 23.1. The zero-order valence-corrected chi connectivity index (χ0v) is 14.4. The van der Waals surface area contributed by atoms with Crippen molar-refractivity contribution in [3.8, 4) is 5.75 Å². The predicted molar refractivity (Wildman–Crippen MR) is 92.2 cm³/mol. The summed E-state index contributed by atoms with van der Waals surface area (Å²) in [6, 6.07) is 5.54. The quantitative estimate of drug-likeness (QED) is 0.715. The fourth-order valence-corrected chi connectivity index (χ4v) is 3.96. The van der Waals surface area contributed by atoms with Gasteiger partial charge in [-0.25, -0.2) is 0 Å². The van der Waals surface area contributed by atoms with Crippen LogP contribution in [0.5, 0.6) is 5.75 Å².